The summed E-state index contributed by atoms with van der Waals surface area (Å²) in [5.41, 5.74) is 2.20. The lowest BCUT2D eigenvalue weighted by molar-refractivity contribution is 0.186. The van der Waals surface area contributed by atoms with E-state index in [1.807, 2.05) is 24.3 Å². The van der Waals surface area contributed by atoms with Gasteiger partial charge in [-0.15, -0.1) is 0 Å². The van der Waals surface area contributed by atoms with Crippen LogP contribution >= 0.6 is 0 Å². The molecule has 0 saturated heterocycles. The molecule has 2 aromatic rings. The van der Waals surface area contributed by atoms with Crippen LogP contribution in [0.4, 0.5) is 14.5 Å². The minimum Gasteiger partial charge on any atom is -0.386 e. The van der Waals surface area contributed by atoms with Gasteiger partial charge in [-0.05, 0) is 30.2 Å². The van der Waals surface area contributed by atoms with Gasteiger partial charge in [0, 0.05) is 23.9 Å². The minimum absolute atomic E-state index is 0.0894. The fourth-order valence-electron chi connectivity index (χ4n) is 2.17. The average Bonchev–Trinajstić information content (AvgIpc) is 2.46. The Bertz CT molecular complexity index is 584. The normalized spacial score (nSPS) is 12.2. The Balaban J connectivity index is 1.95. The number of halogens is 2. The Morgan fingerprint density at radius 1 is 1.10 bits per heavy atom. The van der Waals surface area contributed by atoms with E-state index < -0.39 is 17.7 Å². The van der Waals surface area contributed by atoms with Crippen LogP contribution in [-0.4, -0.2) is 11.7 Å². The molecule has 2 nitrogen and oxygen atoms in total. The number of aryl methyl sites for hydroxylation is 1. The smallest absolute Gasteiger partial charge is 0.131 e. The van der Waals surface area contributed by atoms with E-state index in [4.69, 9.17) is 0 Å². The third kappa shape index (κ3) is 4.26. The van der Waals surface area contributed by atoms with Crippen LogP contribution in [-0.2, 0) is 6.42 Å². The number of rotatable bonds is 6. The molecule has 0 aliphatic rings. The van der Waals surface area contributed by atoms with Crippen LogP contribution in [0.5, 0.6) is 0 Å². The number of anilines is 1. The van der Waals surface area contributed by atoms with Crippen LogP contribution in [0.15, 0.2) is 42.5 Å². The van der Waals surface area contributed by atoms with Crippen LogP contribution in [0.1, 0.15) is 30.6 Å². The quantitative estimate of drug-likeness (QED) is 0.841. The van der Waals surface area contributed by atoms with Crippen molar-refractivity contribution >= 4 is 5.69 Å². The summed E-state index contributed by atoms with van der Waals surface area (Å²) in [6, 6.07) is 11.1. The molecule has 0 spiro atoms. The molecule has 0 radical (unpaired) electrons. The van der Waals surface area contributed by atoms with E-state index in [2.05, 4.69) is 12.2 Å². The number of aliphatic hydroxyl groups is 1. The van der Waals surface area contributed by atoms with E-state index in [0.29, 0.717) is 0 Å². The molecule has 0 aliphatic carbocycles. The maximum atomic E-state index is 13.5. The van der Waals surface area contributed by atoms with Crippen LogP contribution in [0, 0.1) is 11.6 Å². The Labute approximate surface area is 123 Å². The minimum atomic E-state index is -1.03. The lowest BCUT2D eigenvalue weighted by Gasteiger charge is -2.14. The molecule has 0 fully saturated rings. The molecule has 0 heterocycles. The summed E-state index contributed by atoms with van der Waals surface area (Å²) in [5.74, 6) is -1.38. The molecule has 1 unspecified atom stereocenters. The molecule has 2 aromatic carbocycles. The summed E-state index contributed by atoms with van der Waals surface area (Å²) >= 11 is 0. The summed E-state index contributed by atoms with van der Waals surface area (Å²) in [6.45, 7) is 2.29. The van der Waals surface area contributed by atoms with Gasteiger partial charge >= 0.3 is 0 Å². The molecule has 0 saturated carbocycles. The molecule has 1 atom stereocenters. The topological polar surface area (TPSA) is 32.3 Å². The first kappa shape index (κ1) is 15.4. The van der Waals surface area contributed by atoms with Crippen molar-refractivity contribution in [3.8, 4) is 0 Å². The molecule has 0 amide bonds. The van der Waals surface area contributed by atoms with Crippen molar-refractivity contribution in [2.75, 3.05) is 11.9 Å². The molecule has 0 aliphatic heterocycles. The first-order valence-corrected chi connectivity index (χ1v) is 7.06. The van der Waals surface area contributed by atoms with Crippen LogP contribution in [0.3, 0.4) is 0 Å². The molecule has 112 valence electrons. The van der Waals surface area contributed by atoms with Gasteiger partial charge in [0.25, 0.3) is 0 Å². The third-order valence-electron chi connectivity index (χ3n) is 3.31. The second kappa shape index (κ2) is 7.18. The Morgan fingerprint density at radius 3 is 2.43 bits per heavy atom. The highest BCUT2D eigenvalue weighted by molar-refractivity contribution is 5.45. The molecule has 0 aromatic heterocycles. The van der Waals surface area contributed by atoms with Gasteiger partial charge in [-0.3, -0.25) is 0 Å². The van der Waals surface area contributed by atoms with E-state index in [0.717, 1.165) is 30.7 Å². The predicted molar refractivity (Wildman–Crippen MR) is 80.2 cm³/mol. The van der Waals surface area contributed by atoms with Gasteiger partial charge in [0.2, 0.25) is 0 Å². The average molecular weight is 291 g/mol. The van der Waals surface area contributed by atoms with E-state index in [1.165, 1.54) is 11.6 Å². The van der Waals surface area contributed by atoms with Crippen molar-refractivity contribution in [1.29, 1.82) is 0 Å². The van der Waals surface area contributed by atoms with E-state index >= 15 is 0 Å². The Morgan fingerprint density at radius 2 is 1.81 bits per heavy atom. The summed E-state index contributed by atoms with van der Waals surface area (Å²) in [4.78, 5) is 0. The Kier molecular flexibility index (Phi) is 5.28. The second-order valence-corrected chi connectivity index (χ2v) is 5.01. The number of hydrogen-bond donors (Lipinski definition) is 2. The highest BCUT2D eigenvalue weighted by Gasteiger charge is 2.13. The zero-order valence-corrected chi connectivity index (χ0v) is 11.9. The van der Waals surface area contributed by atoms with Gasteiger partial charge in [-0.25, -0.2) is 8.78 Å². The Hall–Kier alpha value is -1.94. The molecule has 2 rings (SSSR count). The molecule has 0 bridgehead atoms. The van der Waals surface area contributed by atoms with Crippen molar-refractivity contribution in [1.82, 2.24) is 0 Å². The number of aliphatic hydroxyl groups excluding tert-OH is 1. The van der Waals surface area contributed by atoms with Gasteiger partial charge in [0.15, 0.2) is 0 Å². The van der Waals surface area contributed by atoms with Gasteiger partial charge in [-0.1, -0.05) is 31.5 Å². The van der Waals surface area contributed by atoms with E-state index in [9.17, 15) is 13.9 Å². The van der Waals surface area contributed by atoms with Crippen LogP contribution < -0.4 is 5.32 Å². The summed E-state index contributed by atoms with van der Waals surface area (Å²) < 4.78 is 26.4. The maximum Gasteiger partial charge on any atom is 0.131 e. The van der Waals surface area contributed by atoms with Crippen molar-refractivity contribution < 1.29 is 13.9 Å². The lowest BCUT2D eigenvalue weighted by atomic mass is 10.1. The van der Waals surface area contributed by atoms with E-state index in [1.54, 1.807) is 0 Å². The zero-order chi connectivity index (χ0) is 15.2. The fourth-order valence-corrected chi connectivity index (χ4v) is 2.17. The van der Waals surface area contributed by atoms with Crippen molar-refractivity contribution in [3.05, 3.63) is 65.2 Å². The summed E-state index contributed by atoms with van der Waals surface area (Å²) in [5, 5.41) is 13.0. The SMILES string of the molecule is CCCc1ccc(NCC(O)c2ccc(F)cc2F)cc1. The highest BCUT2D eigenvalue weighted by atomic mass is 19.1. The molecular weight excluding hydrogens is 272 g/mol. The number of nitrogens with one attached hydrogen (secondary N) is 1. The lowest BCUT2D eigenvalue weighted by Crippen LogP contribution is -2.13. The molecular formula is C17H19F2NO. The standard InChI is InChI=1S/C17H19F2NO/c1-2-3-12-4-7-14(8-5-12)20-11-17(21)15-9-6-13(18)10-16(15)19/h4-10,17,20-21H,2-3,11H2,1H3. The monoisotopic (exact) mass is 291 g/mol. The third-order valence-corrected chi connectivity index (χ3v) is 3.31. The van der Waals surface area contributed by atoms with Gasteiger partial charge in [0.1, 0.15) is 11.6 Å². The summed E-state index contributed by atoms with van der Waals surface area (Å²) in [7, 11) is 0. The zero-order valence-electron chi connectivity index (χ0n) is 11.9. The van der Waals surface area contributed by atoms with Gasteiger partial charge in [-0.2, -0.15) is 0 Å². The largest absolute Gasteiger partial charge is 0.386 e. The molecule has 4 heteroatoms. The number of hydrogen-bond acceptors (Lipinski definition) is 2. The molecule has 2 N–H and O–H groups in total. The van der Waals surface area contributed by atoms with Crippen molar-refractivity contribution in [3.63, 3.8) is 0 Å². The van der Waals surface area contributed by atoms with Crippen molar-refractivity contribution in [2.24, 2.45) is 0 Å². The second-order valence-electron chi connectivity index (χ2n) is 5.01. The first-order chi connectivity index (χ1) is 10.1. The van der Waals surface area contributed by atoms with Gasteiger partial charge in [0.05, 0.1) is 6.10 Å². The highest BCUT2D eigenvalue weighted by Crippen LogP contribution is 2.19. The van der Waals surface area contributed by atoms with Crippen LogP contribution in [0.25, 0.3) is 0 Å². The maximum absolute atomic E-state index is 13.5. The number of benzene rings is 2. The first-order valence-electron chi connectivity index (χ1n) is 7.06. The van der Waals surface area contributed by atoms with Gasteiger partial charge < -0.3 is 10.4 Å². The van der Waals surface area contributed by atoms with Crippen LogP contribution in [0.2, 0.25) is 0 Å². The van der Waals surface area contributed by atoms with E-state index in [-0.39, 0.29) is 12.1 Å². The van der Waals surface area contributed by atoms with Crippen molar-refractivity contribution in [2.45, 2.75) is 25.9 Å². The summed E-state index contributed by atoms with van der Waals surface area (Å²) in [6.07, 6.45) is 1.10. The predicted octanol–water partition coefficient (Wildman–Crippen LogP) is 4.06. The fraction of sp³-hybridized carbons (Fsp3) is 0.294. The molecule has 21 heavy (non-hydrogen) atoms.